The largest absolute Gasteiger partial charge is 0.508 e. The van der Waals surface area contributed by atoms with E-state index < -0.39 is 0 Å². The number of benzene rings is 1. The van der Waals surface area contributed by atoms with Crippen LogP contribution in [0.25, 0.3) is 22.3 Å². The van der Waals surface area contributed by atoms with Gasteiger partial charge in [0.15, 0.2) is 5.65 Å². The number of phenolic OH excluding ortho intramolecular Hbond substituents is 1. The van der Waals surface area contributed by atoms with E-state index >= 15 is 0 Å². The van der Waals surface area contributed by atoms with Crippen LogP contribution in [0.1, 0.15) is 35.3 Å². The Morgan fingerprint density at radius 1 is 1.32 bits per heavy atom. The molecule has 28 heavy (non-hydrogen) atoms. The Bertz CT molecular complexity index is 1070. The molecule has 7 heteroatoms. The Kier molecular flexibility index (Phi) is 3.71. The smallest absolute Gasteiger partial charge is 0.254 e. The van der Waals surface area contributed by atoms with Gasteiger partial charge in [-0.1, -0.05) is 0 Å². The van der Waals surface area contributed by atoms with Crippen molar-refractivity contribution in [1.29, 1.82) is 0 Å². The van der Waals surface area contributed by atoms with Crippen molar-refractivity contribution < 1.29 is 9.90 Å². The molecule has 2 fully saturated rings. The number of likely N-dealkylation sites (tertiary alicyclic amines) is 1. The van der Waals surface area contributed by atoms with Crippen molar-refractivity contribution >= 4 is 16.9 Å². The molecular weight excluding hydrogens is 354 g/mol. The van der Waals surface area contributed by atoms with Gasteiger partial charge in [0.25, 0.3) is 5.91 Å². The van der Waals surface area contributed by atoms with Crippen molar-refractivity contribution in [2.75, 3.05) is 13.1 Å². The number of fused-ring (bicyclic) bond motifs is 1. The van der Waals surface area contributed by atoms with Gasteiger partial charge in [-0.15, -0.1) is 0 Å². The first-order valence-corrected chi connectivity index (χ1v) is 9.68. The van der Waals surface area contributed by atoms with Crippen molar-refractivity contribution in [2.45, 2.75) is 31.7 Å². The third-order valence-corrected chi connectivity index (χ3v) is 6.21. The summed E-state index contributed by atoms with van der Waals surface area (Å²) in [6.45, 7) is 3.35. The number of hydrogen-bond acceptors (Lipinski definition) is 5. The molecule has 3 heterocycles. The van der Waals surface area contributed by atoms with Crippen LogP contribution in [-0.2, 0) is 0 Å². The number of pyridine rings is 1. The number of aromatic nitrogens is 3. The first kappa shape index (κ1) is 17.2. The molecule has 1 aliphatic carbocycles. The number of aryl methyl sites for hydroxylation is 1. The van der Waals surface area contributed by atoms with Crippen LogP contribution in [0.3, 0.4) is 0 Å². The molecule has 0 spiro atoms. The normalized spacial score (nSPS) is 20.6. The van der Waals surface area contributed by atoms with Crippen molar-refractivity contribution in [1.82, 2.24) is 20.1 Å². The molecule has 0 bridgehead atoms. The van der Waals surface area contributed by atoms with E-state index in [-0.39, 0.29) is 17.2 Å². The number of nitrogens with one attached hydrogen (secondary N) is 1. The molecule has 2 aromatic heterocycles. The van der Waals surface area contributed by atoms with E-state index in [4.69, 9.17) is 5.73 Å². The Hall–Kier alpha value is -2.93. The SMILES string of the molecule is Cc1[nH]nc2nc(-c3ccc(O)cc3)cc(C(=O)N3CCC(C4(N)CC4)C3)c12. The van der Waals surface area contributed by atoms with Gasteiger partial charge in [0, 0.05) is 29.9 Å². The maximum atomic E-state index is 13.4. The van der Waals surface area contributed by atoms with Crippen LogP contribution in [0.15, 0.2) is 30.3 Å². The number of rotatable bonds is 3. The lowest BCUT2D eigenvalue weighted by Crippen LogP contribution is -2.36. The maximum Gasteiger partial charge on any atom is 0.254 e. The first-order valence-electron chi connectivity index (χ1n) is 9.68. The van der Waals surface area contributed by atoms with Gasteiger partial charge in [-0.25, -0.2) is 4.98 Å². The second-order valence-corrected chi connectivity index (χ2v) is 8.12. The van der Waals surface area contributed by atoms with Crippen molar-refractivity contribution in [3.8, 4) is 17.0 Å². The Morgan fingerprint density at radius 2 is 2.07 bits per heavy atom. The van der Waals surface area contributed by atoms with Gasteiger partial charge >= 0.3 is 0 Å². The van der Waals surface area contributed by atoms with Crippen molar-refractivity contribution in [3.05, 3.63) is 41.6 Å². The molecule has 1 unspecified atom stereocenters. The number of nitrogens with two attached hydrogens (primary N) is 1. The highest BCUT2D eigenvalue weighted by atomic mass is 16.3. The molecule has 4 N–H and O–H groups in total. The summed E-state index contributed by atoms with van der Waals surface area (Å²) in [5.41, 5.74) is 9.78. The molecule has 1 aromatic carbocycles. The second-order valence-electron chi connectivity index (χ2n) is 8.12. The van der Waals surface area contributed by atoms with E-state index in [1.807, 2.05) is 17.9 Å². The zero-order valence-electron chi connectivity index (χ0n) is 15.8. The molecule has 5 rings (SSSR count). The van der Waals surface area contributed by atoms with E-state index in [0.29, 0.717) is 29.4 Å². The summed E-state index contributed by atoms with van der Waals surface area (Å²) in [5.74, 6) is 0.579. The van der Waals surface area contributed by atoms with Crippen LogP contribution in [0.2, 0.25) is 0 Å². The minimum absolute atomic E-state index is 0.00341. The van der Waals surface area contributed by atoms with Gasteiger partial charge in [0.05, 0.1) is 16.6 Å². The zero-order chi connectivity index (χ0) is 19.5. The minimum Gasteiger partial charge on any atom is -0.508 e. The molecular formula is C21H23N5O2. The van der Waals surface area contributed by atoms with Crippen LogP contribution in [0.4, 0.5) is 0 Å². The predicted octanol–water partition coefficient (Wildman–Crippen LogP) is 2.59. The fourth-order valence-electron chi connectivity index (χ4n) is 4.26. The van der Waals surface area contributed by atoms with Crippen molar-refractivity contribution in [3.63, 3.8) is 0 Å². The molecule has 0 radical (unpaired) electrons. The highest BCUT2D eigenvalue weighted by Gasteiger charge is 2.48. The summed E-state index contributed by atoms with van der Waals surface area (Å²) in [6.07, 6.45) is 3.09. The number of H-pyrrole nitrogens is 1. The Balaban J connectivity index is 1.55. The average Bonchev–Trinajstić information content (AvgIpc) is 3.10. The van der Waals surface area contributed by atoms with E-state index in [1.165, 1.54) is 0 Å². The molecule has 1 aliphatic heterocycles. The molecule has 1 saturated heterocycles. The molecule has 3 aromatic rings. The van der Waals surface area contributed by atoms with Crippen molar-refractivity contribution in [2.24, 2.45) is 11.7 Å². The molecule has 1 amide bonds. The van der Waals surface area contributed by atoms with Crippen LogP contribution in [-0.4, -0.2) is 49.7 Å². The number of carbonyl (C=O) groups excluding carboxylic acids is 1. The lowest BCUT2D eigenvalue weighted by Gasteiger charge is -2.20. The van der Waals surface area contributed by atoms with Gasteiger partial charge < -0.3 is 15.7 Å². The molecule has 1 saturated carbocycles. The third kappa shape index (κ3) is 2.74. The van der Waals surface area contributed by atoms with Crippen LogP contribution < -0.4 is 5.73 Å². The number of aromatic hydroxyl groups is 1. The number of amides is 1. The summed E-state index contributed by atoms with van der Waals surface area (Å²) in [4.78, 5) is 19.9. The number of hydrogen-bond donors (Lipinski definition) is 3. The highest BCUT2D eigenvalue weighted by Crippen LogP contribution is 2.44. The summed E-state index contributed by atoms with van der Waals surface area (Å²) >= 11 is 0. The van der Waals surface area contributed by atoms with Gasteiger partial charge in [0.1, 0.15) is 5.75 Å². The highest BCUT2D eigenvalue weighted by molar-refractivity contribution is 6.07. The Labute approximate surface area is 162 Å². The average molecular weight is 377 g/mol. The third-order valence-electron chi connectivity index (χ3n) is 6.21. The standard InChI is InChI=1S/C21H23N5O2/c1-12-18-16(20(28)26-9-6-14(11-26)21(22)7-8-21)10-17(23-19(18)25-24-12)13-2-4-15(27)5-3-13/h2-5,10,14,27H,6-9,11,22H2,1H3,(H,23,24,25). The van der Waals surface area contributed by atoms with Gasteiger partial charge in [-0.3, -0.25) is 9.89 Å². The number of phenols is 1. The summed E-state index contributed by atoms with van der Waals surface area (Å²) in [5, 5.41) is 17.5. The first-order chi connectivity index (χ1) is 13.4. The van der Waals surface area contributed by atoms with E-state index in [2.05, 4.69) is 15.2 Å². The molecule has 2 aliphatic rings. The fourth-order valence-corrected chi connectivity index (χ4v) is 4.26. The number of nitrogens with zero attached hydrogens (tertiary/aromatic N) is 3. The second kappa shape index (κ2) is 6.04. The van der Waals surface area contributed by atoms with E-state index in [1.54, 1.807) is 24.3 Å². The van der Waals surface area contributed by atoms with Crippen LogP contribution >= 0.6 is 0 Å². The molecule has 1 atom stereocenters. The maximum absolute atomic E-state index is 13.4. The van der Waals surface area contributed by atoms with Gasteiger partial charge in [0.2, 0.25) is 0 Å². The molecule has 7 nitrogen and oxygen atoms in total. The van der Waals surface area contributed by atoms with Crippen LogP contribution in [0.5, 0.6) is 5.75 Å². The summed E-state index contributed by atoms with van der Waals surface area (Å²) in [6, 6.07) is 8.63. The predicted molar refractivity (Wildman–Crippen MR) is 106 cm³/mol. The van der Waals surface area contributed by atoms with E-state index in [9.17, 15) is 9.90 Å². The quantitative estimate of drug-likeness (QED) is 0.650. The zero-order valence-corrected chi connectivity index (χ0v) is 15.8. The monoisotopic (exact) mass is 377 g/mol. The minimum atomic E-state index is -0.0641. The fraction of sp³-hybridized carbons (Fsp3) is 0.381. The molecule has 144 valence electrons. The summed E-state index contributed by atoms with van der Waals surface area (Å²) < 4.78 is 0. The Morgan fingerprint density at radius 3 is 2.79 bits per heavy atom. The van der Waals surface area contributed by atoms with Crippen LogP contribution in [0, 0.1) is 12.8 Å². The topological polar surface area (TPSA) is 108 Å². The number of aromatic amines is 1. The number of carbonyl (C=O) groups is 1. The van der Waals surface area contributed by atoms with Gasteiger partial charge in [-0.05, 0) is 62.4 Å². The van der Waals surface area contributed by atoms with Gasteiger partial charge in [-0.2, -0.15) is 5.10 Å². The lowest BCUT2D eigenvalue weighted by molar-refractivity contribution is 0.0786. The summed E-state index contributed by atoms with van der Waals surface area (Å²) in [7, 11) is 0. The van der Waals surface area contributed by atoms with E-state index in [0.717, 1.165) is 42.5 Å². The lowest BCUT2D eigenvalue weighted by atomic mass is 9.97.